The smallest absolute Gasteiger partial charge is 0.274 e. The van der Waals surface area contributed by atoms with Crippen molar-refractivity contribution in [1.29, 1.82) is 0 Å². The molecule has 0 unspecified atom stereocenters. The number of fused-ring (bicyclic) bond motifs is 1. The van der Waals surface area contributed by atoms with E-state index >= 15 is 0 Å². The summed E-state index contributed by atoms with van der Waals surface area (Å²) in [5, 5.41) is 6.70. The number of aromatic nitrogens is 3. The molecule has 1 amide bonds. The van der Waals surface area contributed by atoms with Gasteiger partial charge in [-0.25, -0.2) is 13.9 Å². The molecule has 0 radical (unpaired) electrons. The van der Waals surface area contributed by atoms with Crippen LogP contribution < -0.4 is 5.32 Å². The summed E-state index contributed by atoms with van der Waals surface area (Å²) in [4.78, 5) is 16.3. The Labute approximate surface area is 114 Å². The van der Waals surface area contributed by atoms with Gasteiger partial charge in [0.1, 0.15) is 11.5 Å². The minimum Gasteiger partial charge on any atom is -0.321 e. The van der Waals surface area contributed by atoms with Crippen LogP contribution in [0.4, 0.5) is 10.1 Å². The zero-order valence-corrected chi connectivity index (χ0v) is 10.7. The van der Waals surface area contributed by atoms with Crippen LogP contribution in [0.3, 0.4) is 0 Å². The monoisotopic (exact) mass is 270 g/mol. The van der Waals surface area contributed by atoms with Crippen molar-refractivity contribution in [2.45, 2.75) is 6.92 Å². The third kappa shape index (κ3) is 2.23. The van der Waals surface area contributed by atoms with E-state index in [1.165, 1.54) is 18.2 Å². The molecule has 0 aliphatic carbocycles. The van der Waals surface area contributed by atoms with Gasteiger partial charge in [-0.05, 0) is 31.2 Å². The van der Waals surface area contributed by atoms with Crippen LogP contribution in [0.2, 0.25) is 0 Å². The fourth-order valence-electron chi connectivity index (χ4n) is 1.95. The maximum atomic E-state index is 13.1. The number of aryl methyl sites for hydroxylation is 1. The first-order valence-electron chi connectivity index (χ1n) is 6.02. The van der Waals surface area contributed by atoms with Crippen molar-refractivity contribution in [3.05, 3.63) is 59.8 Å². The van der Waals surface area contributed by atoms with E-state index < -0.39 is 5.82 Å². The zero-order valence-electron chi connectivity index (χ0n) is 10.7. The van der Waals surface area contributed by atoms with Crippen LogP contribution in [0.5, 0.6) is 0 Å². The van der Waals surface area contributed by atoms with Crippen LogP contribution in [0.15, 0.2) is 42.6 Å². The Kier molecular flexibility index (Phi) is 2.90. The summed E-state index contributed by atoms with van der Waals surface area (Å²) in [5.74, 6) is -0.791. The van der Waals surface area contributed by atoms with Gasteiger partial charge in [-0.3, -0.25) is 4.79 Å². The molecule has 0 fully saturated rings. The summed E-state index contributed by atoms with van der Waals surface area (Å²) < 4.78 is 14.7. The zero-order chi connectivity index (χ0) is 14.1. The largest absolute Gasteiger partial charge is 0.321 e. The molecule has 100 valence electrons. The molecular weight excluding hydrogens is 259 g/mol. The Hall–Kier alpha value is -2.76. The fraction of sp³-hybridized carbons (Fsp3) is 0.0714. The minimum absolute atomic E-state index is 0.264. The van der Waals surface area contributed by atoms with Crippen molar-refractivity contribution >= 4 is 17.2 Å². The molecular formula is C14H11FN4O. The number of hydrogen-bond acceptors (Lipinski definition) is 3. The first-order chi connectivity index (χ1) is 9.63. The van der Waals surface area contributed by atoms with Gasteiger partial charge in [-0.1, -0.05) is 6.07 Å². The Balaban J connectivity index is 1.92. The van der Waals surface area contributed by atoms with E-state index in [0.717, 1.165) is 5.69 Å². The van der Waals surface area contributed by atoms with Gasteiger partial charge in [-0.2, -0.15) is 5.10 Å². The maximum absolute atomic E-state index is 13.1. The number of nitrogens with one attached hydrogen (secondary N) is 1. The SMILES string of the molecule is Cc1cc(C(=O)Nc2cccc(F)c2)nc2ccnn12. The van der Waals surface area contributed by atoms with Crippen molar-refractivity contribution in [3.63, 3.8) is 0 Å². The summed E-state index contributed by atoms with van der Waals surface area (Å²) in [6.07, 6.45) is 1.61. The van der Waals surface area contributed by atoms with E-state index in [1.807, 2.05) is 6.92 Å². The van der Waals surface area contributed by atoms with E-state index in [4.69, 9.17) is 0 Å². The van der Waals surface area contributed by atoms with Crippen LogP contribution in [-0.2, 0) is 0 Å². The summed E-state index contributed by atoms with van der Waals surface area (Å²) in [6, 6.07) is 9.06. The van der Waals surface area contributed by atoms with Gasteiger partial charge in [0.05, 0.1) is 6.20 Å². The van der Waals surface area contributed by atoms with E-state index in [9.17, 15) is 9.18 Å². The molecule has 3 rings (SSSR count). The Bertz CT molecular complexity index is 797. The number of carbonyl (C=O) groups excluding carboxylic acids is 1. The second kappa shape index (κ2) is 4.73. The molecule has 0 aliphatic heterocycles. The second-order valence-corrected chi connectivity index (χ2v) is 4.35. The highest BCUT2D eigenvalue weighted by molar-refractivity contribution is 6.03. The number of benzene rings is 1. The average Bonchev–Trinajstić information content (AvgIpc) is 2.87. The minimum atomic E-state index is -0.404. The topological polar surface area (TPSA) is 59.3 Å². The molecule has 0 bridgehead atoms. The number of halogens is 1. The quantitative estimate of drug-likeness (QED) is 0.778. The molecule has 1 aromatic carbocycles. The third-order valence-corrected chi connectivity index (χ3v) is 2.85. The lowest BCUT2D eigenvalue weighted by atomic mass is 10.2. The number of anilines is 1. The van der Waals surface area contributed by atoms with Crippen LogP contribution in [-0.4, -0.2) is 20.5 Å². The van der Waals surface area contributed by atoms with Crippen molar-refractivity contribution in [2.24, 2.45) is 0 Å². The van der Waals surface area contributed by atoms with Crippen LogP contribution in [0.1, 0.15) is 16.2 Å². The molecule has 0 saturated carbocycles. The highest BCUT2D eigenvalue weighted by Gasteiger charge is 2.11. The molecule has 0 spiro atoms. The lowest BCUT2D eigenvalue weighted by Gasteiger charge is -2.06. The first kappa shape index (κ1) is 12.3. The standard InChI is InChI=1S/C14H11FN4O/c1-9-7-12(18-13-5-6-16-19(9)13)14(20)17-11-4-2-3-10(15)8-11/h2-8H,1H3,(H,17,20). The highest BCUT2D eigenvalue weighted by atomic mass is 19.1. The number of rotatable bonds is 2. The molecule has 2 heterocycles. The number of carbonyl (C=O) groups is 1. The molecule has 20 heavy (non-hydrogen) atoms. The van der Waals surface area contributed by atoms with E-state index in [1.54, 1.807) is 28.9 Å². The molecule has 1 N–H and O–H groups in total. The summed E-state index contributed by atoms with van der Waals surface area (Å²) >= 11 is 0. The normalized spacial score (nSPS) is 10.7. The van der Waals surface area contributed by atoms with Crippen molar-refractivity contribution in [1.82, 2.24) is 14.6 Å². The lowest BCUT2D eigenvalue weighted by Crippen LogP contribution is -2.15. The molecule has 5 nitrogen and oxygen atoms in total. The van der Waals surface area contributed by atoms with Gasteiger partial charge in [-0.15, -0.1) is 0 Å². The summed E-state index contributed by atoms with van der Waals surface area (Å²) in [6.45, 7) is 1.83. The summed E-state index contributed by atoms with van der Waals surface area (Å²) in [5.41, 5.74) is 2.04. The first-order valence-corrected chi connectivity index (χ1v) is 6.02. The van der Waals surface area contributed by atoms with Crippen LogP contribution in [0, 0.1) is 12.7 Å². The highest BCUT2D eigenvalue weighted by Crippen LogP contribution is 2.12. The molecule has 2 aromatic heterocycles. The molecule has 3 aromatic rings. The molecule has 0 aliphatic rings. The maximum Gasteiger partial charge on any atom is 0.274 e. The van der Waals surface area contributed by atoms with Gasteiger partial charge in [0.25, 0.3) is 5.91 Å². The molecule has 0 atom stereocenters. The van der Waals surface area contributed by atoms with Crippen LogP contribution in [0.25, 0.3) is 5.65 Å². The van der Waals surface area contributed by atoms with Gasteiger partial charge < -0.3 is 5.32 Å². The summed E-state index contributed by atoms with van der Waals surface area (Å²) in [7, 11) is 0. The Morgan fingerprint density at radius 1 is 1.30 bits per heavy atom. The van der Waals surface area contributed by atoms with Gasteiger partial charge in [0, 0.05) is 17.4 Å². The predicted octanol–water partition coefficient (Wildman–Crippen LogP) is 2.43. The van der Waals surface area contributed by atoms with Crippen LogP contribution >= 0.6 is 0 Å². The Morgan fingerprint density at radius 3 is 2.95 bits per heavy atom. The number of amides is 1. The molecule has 6 heteroatoms. The van der Waals surface area contributed by atoms with Crippen molar-refractivity contribution in [3.8, 4) is 0 Å². The Morgan fingerprint density at radius 2 is 2.15 bits per heavy atom. The van der Waals surface area contributed by atoms with Gasteiger partial charge >= 0.3 is 0 Å². The second-order valence-electron chi connectivity index (χ2n) is 4.35. The average molecular weight is 270 g/mol. The number of nitrogens with zero attached hydrogens (tertiary/aromatic N) is 3. The van der Waals surface area contributed by atoms with Gasteiger partial charge in [0.2, 0.25) is 0 Å². The fourth-order valence-corrected chi connectivity index (χ4v) is 1.95. The van der Waals surface area contributed by atoms with Gasteiger partial charge in [0.15, 0.2) is 5.65 Å². The van der Waals surface area contributed by atoms with E-state index in [-0.39, 0.29) is 11.6 Å². The van der Waals surface area contributed by atoms with E-state index in [2.05, 4.69) is 15.4 Å². The molecule has 0 saturated heterocycles. The van der Waals surface area contributed by atoms with Crippen molar-refractivity contribution in [2.75, 3.05) is 5.32 Å². The number of hydrogen-bond donors (Lipinski definition) is 1. The predicted molar refractivity (Wildman–Crippen MR) is 72.1 cm³/mol. The van der Waals surface area contributed by atoms with E-state index in [0.29, 0.717) is 11.3 Å². The van der Waals surface area contributed by atoms with Crippen molar-refractivity contribution < 1.29 is 9.18 Å². The third-order valence-electron chi connectivity index (χ3n) is 2.85. The lowest BCUT2D eigenvalue weighted by molar-refractivity contribution is 0.102.